The minimum atomic E-state index is -1.31. The molecule has 1 saturated heterocycles. The number of aromatic nitrogens is 2. The highest BCUT2D eigenvalue weighted by atomic mass is 19.1. The first-order chi connectivity index (χ1) is 18.0. The molecule has 0 unspecified atom stereocenters. The van der Waals surface area contributed by atoms with Crippen molar-refractivity contribution in [3.63, 3.8) is 0 Å². The van der Waals surface area contributed by atoms with Crippen LogP contribution < -0.4 is 5.32 Å². The first-order valence-electron chi connectivity index (χ1n) is 12.9. The molecule has 0 radical (unpaired) electrons. The molecular weight excluding hydrogens is 493 g/mol. The molecule has 2 aromatic carbocycles. The summed E-state index contributed by atoms with van der Waals surface area (Å²) in [4.78, 5) is 19.7. The zero-order chi connectivity index (χ0) is 27.6. The van der Waals surface area contributed by atoms with Gasteiger partial charge in [-0.05, 0) is 36.1 Å². The highest BCUT2D eigenvalue weighted by Gasteiger charge is 2.42. The minimum Gasteiger partial charge on any atom is -0.384 e. The molecule has 0 spiro atoms. The Hall–Kier alpha value is -3.17. The first kappa shape index (κ1) is 27.9. The highest BCUT2D eigenvalue weighted by molar-refractivity contribution is 5.80. The largest absolute Gasteiger partial charge is 0.384 e. The summed E-state index contributed by atoms with van der Waals surface area (Å²) < 4.78 is 45.4. The van der Waals surface area contributed by atoms with Crippen molar-refractivity contribution in [3.8, 4) is 11.3 Å². The first-order valence-corrected chi connectivity index (χ1v) is 12.9. The fourth-order valence-electron chi connectivity index (χ4n) is 5.07. The molecule has 1 aromatic heterocycles. The van der Waals surface area contributed by atoms with E-state index in [1.807, 2.05) is 55.7 Å². The minimum absolute atomic E-state index is 0.00272. The zero-order valence-corrected chi connectivity index (χ0v) is 22.2. The molecule has 4 atom stereocenters. The van der Waals surface area contributed by atoms with E-state index in [1.54, 1.807) is 6.20 Å². The molecule has 38 heavy (non-hydrogen) atoms. The van der Waals surface area contributed by atoms with Gasteiger partial charge in [0.1, 0.15) is 29.7 Å². The normalized spacial score (nSPS) is 19.4. The van der Waals surface area contributed by atoms with Gasteiger partial charge in [0.25, 0.3) is 5.91 Å². The van der Waals surface area contributed by atoms with Crippen molar-refractivity contribution in [2.75, 3.05) is 19.6 Å². The molecule has 0 saturated carbocycles. The lowest BCUT2D eigenvalue weighted by atomic mass is 9.84. The van der Waals surface area contributed by atoms with Crippen LogP contribution >= 0.6 is 0 Å². The molecule has 0 aliphatic carbocycles. The standard InChI is InChI=1S/C29H35F3N4O2/c1-18(37)28(38)36(16-20-13-33-14-24(20)32)26(29(2,3)4)27-34-25(22-12-21(30)10-11-23(22)31)17-35(27)15-19-8-6-5-7-9-19/h5-12,17-18,20,24,26,33,37H,13-16H2,1-4H3/t18-,20-,24-,26-/m0/s1. The van der Waals surface area contributed by atoms with Gasteiger partial charge in [-0.25, -0.2) is 18.2 Å². The van der Waals surface area contributed by atoms with E-state index >= 15 is 0 Å². The predicted molar refractivity (Wildman–Crippen MR) is 140 cm³/mol. The quantitative estimate of drug-likeness (QED) is 0.444. The molecule has 1 aliphatic heterocycles. The van der Waals surface area contributed by atoms with E-state index < -0.39 is 47.2 Å². The lowest BCUT2D eigenvalue weighted by molar-refractivity contribution is -0.146. The number of halogens is 3. The predicted octanol–water partition coefficient (Wildman–Crippen LogP) is 4.73. The Kier molecular flexibility index (Phi) is 8.28. The van der Waals surface area contributed by atoms with Gasteiger partial charge in [-0.3, -0.25) is 4.79 Å². The summed E-state index contributed by atoms with van der Waals surface area (Å²) in [7, 11) is 0. The van der Waals surface area contributed by atoms with Crippen LogP contribution in [0.1, 0.15) is 45.1 Å². The molecule has 204 valence electrons. The number of carbonyl (C=O) groups excluding carboxylic acids is 1. The number of hydrogen-bond donors (Lipinski definition) is 2. The topological polar surface area (TPSA) is 70.4 Å². The fraction of sp³-hybridized carbons (Fsp3) is 0.448. The summed E-state index contributed by atoms with van der Waals surface area (Å²) >= 11 is 0. The number of nitrogens with one attached hydrogen (secondary N) is 1. The number of nitrogens with zero attached hydrogens (tertiary/aromatic N) is 3. The van der Waals surface area contributed by atoms with Crippen molar-refractivity contribution in [3.05, 3.63) is 77.8 Å². The summed E-state index contributed by atoms with van der Waals surface area (Å²) in [6.07, 6.45) is -0.801. The van der Waals surface area contributed by atoms with E-state index in [9.17, 15) is 23.1 Å². The van der Waals surface area contributed by atoms with E-state index in [-0.39, 0.29) is 24.3 Å². The Balaban J connectivity index is 1.88. The third-order valence-corrected chi connectivity index (χ3v) is 6.91. The monoisotopic (exact) mass is 528 g/mol. The van der Waals surface area contributed by atoms with E-state index in [2.05, 4.69) is 5.32 Å². The fourth-order valence-corrected chi connectivity index (χ4v) is 5.07. The molecule has 2 N–H and O–H groups in total. The Morgan fingerprint density at radius 3 is 2.50 bits per heavy atom. The van der Waals surface area contributed by atoms with Crippen molar-refractivity contribution in [1.82, 2.24) is 19.8 Å². The third-order valence-electron chi connectivity index (χ3n) is 6.91. The number of rotatable bonds is 8. The summed E-state index contributed by atoms with van der Waals surface area (Å²) in [6.45, 7) is 8.23. The SMILES string of the molecule is C[C@H](O)C(=O)N(C[C@@H]1CNC[C@@H]1F)[C@@H](c1nc(-c2cc(F)ccc2F)cn1Cc1ccccc1)C(C)(C)C. The van der Waals surface area contributed by atoms with Crippen molar-refractivity contribution in [2.24, 2.45) is 11.3 Å². The van der Waals surface area contributed by atoms with Gasteiger partial charge in [0.15, 0.2) is 0 Å². The Morgan fingerprint density at radius 1 is 1.18 bits per heavy atom. The summed E-state index contributed by atoms with van der Waals surface area (Å²) in [5, 5.41) is 13.3. The number of amides is 1. The van der Waals surface area contributed by atoms with E-state index in [0.717, 1.165) is 23.8 Å². The summed E-state index contributed by atoms with van der Waals surface area (Å²) in [5.74, 6) is -1.78. The molecule has 9 heteroatoms. The number of alkyl halides is 1. The Bertz CT molecular complexity index is 1260. The number of hydrogen-bond acceptors (Lipinski definition) is 4. The summed E-state index contributed by atoms with van der Waals surface area (Å²) in [5.41, 5.74) is 0.558. The lowest BCUT2D eigenvalue weighted by Crippen LogP contribution is -2.49. The van der Waals surface area contributed by atoms with Crippen LogP contribution in [0.5, 0.6) is 0 Å². The second-order valence-electron chi connectivity index (χ2n) is 11.1. The van der Waals surface area contributed by atoms with E-state index in [0.29, 0.717) is 18.9 Å². The molecule has 0 bridgehead atoms. The number of aliphatic hydroxyl groups excluding tert-OH is 1. The zero-order valence-electron chi connectivity index (χ0n) is 22.2. The molecule has 2 heterocycles. The van der Waals surface area contributed by atoms with Crippen molar-refractivity contribution >= 4 is 5.91 Å². The van der Waals surface area contributed by atoms with Crippen LogP contribution in [0.15, 0.2) is 54.7 Å². The molecule has 1 fully saturated rings. The molecular formula is C29H35F3N4O2. The van der Waals surface area contributed by atoms with Crippen LogP contribution in [0.3, 0.4) is 0 Å². The highest BCUT2D eigenvalue weighted by Crippen LogP contribution is 2.40. The molecule has 4 rings (SSSR count). The van der Waals surface area contributed by atoms with Gasteiger partial charge >= 0.3 is 0 Å². The Morgan fingerprint density at radius 2 is 1.89 bits per heavy atom. The second-order valence-corrected chi connectivity index (χ2v) is 11.1. The van der Waals surface area contributed by atoms with Gasteiger partial charge < -0.3 is 19.9 Å². The van der Waals surface area contributed by atoms with Gasteiger partial charge in [-0.1, -0.05) is 51.1 Å². The smallest absolute Gasteiger partial charge is 0.251 e. The van der Waals surface area contributed by atoms with Crippen LogP contribution in [0.4, 0.5) is 13.2 Å². The lowest BCUT2D eigenvalue weighted by Gasteiger charge is -2.41. The number of aliphatic hydroxyl groups is 1. The van der Waals surface area contributed by atoms with Gasteiger partial charge in [-0.15, -0.1) is 0 Å². The van der Waals surface area contributed by atoms with Gasteiger partial charge in [0.2, 0.25) is 0 Å². The summed E-state index contributed by atoms with van der Waals surface area (Å²) in [6, 6.07) is 12.1. The number of imidazole rings is 1. The average Bonchev–Trinajstić information content (AvgIpc) is 3.45. The van der Waals surface area contributed by atoms with Crippen LogP contribution in [0.25, 0.3) is 11.3 Å². The maximum Gasteiger partial charge on any atom is 0.251 e. The van der Waals surface area contributed by atoms with E-state index in [1.165, 1.54) is 11.8 Å². The van der Waals surface area contributed by atoms with Gasteiger partial charge in [0.05, 0.1) is 11.7 Å². The van der Waals surface area contributed by atoms with Crippen molar-refractivity contribution in [2.45, 2.75) is 52.6 Å². The van der Waals surface area contributed by atoms with Crippen LogP contribution in [-0.4, -0.2) is 57.4 Å². The van der Waals surface area contributed by atoms with E-state index in [4.69, 9.17) is 4.98 Å². The number of carbonyl (C=O) groups is 1. The molecule has 6 nitrogen and oxygen atoms in total. The Labute approximate surface area is 221 Å². The van der Waals surface area contributed by atoms with Gasteiger partial charge in [-0.2, -0.15) is 0 Å². The maximum absolute atomic E-state index is 14.8. The molecule has 3 aromatic rings. The van der Waals surface area contributed by atoms with Crippen LogP contribution in [0.2, 0.25) is 0 Å². The second kappa shape index (κ2) is 11.3. The van der Waals surface area contributed by atoms with Crippen LogP contribution in [-0.2, 0) is 11.3 Å². The average molecular weight is 529 g/mol. The van der Waals surface area contributed by atoms with Crippen molar-refractivity contribution < 1.29 is 23.1 Å². The molecule has 1 aliphatic rings. The van der Waals surface area contributed by atoms with Crippen molar-refractivity contribution in [1.29, 1.82) is 0 Å². The number of benzene rings is 2. The molecule has 1 amide bonds. The maximum atomic E-state index is 14.8. The van der Waals surface area contributed by atoms with Crippen LogP contribution in [0, 0.1) is 23.0 Å². The van der Waals surface area contributed by atoms with Gasteiger partial charge in [0, 0.05) is 43.9 Å². The third kappa shape index (κ3) is 6.10.